The van der Waals surface area contributed by atoms with Gasteiger partial charge in [0.05, 0.1) is 0 Å². The monoisotopic (exact) mass is 413 g/mol. The van der Waals surface area contributed by atoms with Crippen LogP contribution in [0.2, 0.25) is 0 Å². The smallest absolute Gasteiger partial charge is 0.329 e. The number of unbranched alkanes of at least 4 members (excludes halogenated alkanes) is 1. The molecule has 1 aromatic carbocycles. The minimum atomic E-state index is -1.72. The molecule has 1 heterocycles. The summed E-state index contributed by atoms with van der Waals surface area (Å²) in [5.74, 6) is -4.87. The van der Waals surface area contributed by atoms with E-state index in [-0.39, 0.29) is 6.61 Å². The number of esters is 2. The minimum absolute atomic E-state index is 0.250. The first kappa shape index (κ1) is 23.7. The molecule has 0 aromatic heterocycles. The van der Waals surface area contributed by atoms with Gasteiger partial charge in [-0.25, -0.2) is 0 Å². The SMILES string of the molecule is CCCC.O=C(O)CC(=O)OC(Nc1ccc2c(c1)OOC2)OC(=O)CC(=O)O. The van der Waals surface area contributed by atoms with E-state index in [1.54, 1.807) is 12.1 Å². The highest BCUT2D eigenvalue weighted by atomic mass is 17.2. The van der Waals surface area contributed by atoms with Crippen LogP contribution >= 0.6 is 0 Å². The van der Waals surface area contributed by atoms with E-state index in [4.69, 9.17) is 29.5 Å². The van der Waals surface area contributed by atoms with E-state index in [0.717, 1.165) is 5.56 Å². The summed E-state index contributed by atoms with van der Waals surface area (Å²) in [5.41, 5.74) is 1.05. The van der Waals surface area contributed by atoms with Gasteiger partial charge in [-0.2, -0.15) is 4.89 Å². The number of anilines is 1. The van der Waals surface area contributed by atoms with Crippen LogP contribution in [0, 0.1) is 0 Å². The summed E-state index contributed by atoms with van der Waals surface area (Å²) in [5, 5.41) is 19.6. The summed E-state index contributed by atoms with van der Waals surface area (Å²) in [6, 6.07) is 4.64. The van der Waals surface area contributed by atoms with Gasteiger partial charge in [0.2, 0.25) is 0 Å². The van der Waals surface area contributed by atoms with Crippen molar-refractivity contribution in [2.45, 2.75) is 52.6 Å². The van der Waals surface area contributed by atoms with Gasteiger partial charge in [-0.05, 0) is 6.07 Å². The molecule has 0 aliphatic carbocycles. The summed E-state index contributed by atoms with van der Waals surface area (Å²) in [6.45, 7) is 4.61. The zero-order valence-corrected chi connectivity index (χ0v) is 16.0. The van der Waals surface area contributed by atoms with Gasteiger partial charge in [0, 0.05) is 17.3 Å². The summed E-state index contributed by atoms with van der Waals surface area (Å²) in [4.78, 5) is 53.6. The molecule has 3 N–H and O–H groups in total. The Bertz CT molecular complexity index is 701. The van der Waals surface area contributed by atoms with Crippen molar-refractivity contribution in [2.75, 3.05) is 5.32 Å². The molecule has 0 spiro atoms. The quantitative estimate of drug-likeness (QED) is 0.235. The number of carbonyl (C=O) groups excluding carboxylic acids is 2. The third kappa shape index (κ3) is 9.42. The molecule has 11 nitrogen and oxygen atoms in total. The fraction of sp³-hybridized carbons (Fsp3) is 0.444. The van der Waals surface area contributed by atoms with E-state index in [1.165, 1.54) is 18.9 Å². The van der Waals surface area contributed by atoms with Crippen LogP contribution in [0.1, 0.15) is 45.1 Å². The summed E-state index contributed by atoms with van der Waals surface area (Å²) in [7, 11) is 0. The predicted octanol–water partition coefficient (Wildman–Crippen LogP) is 2.05. The topological polar surface area (TPSA) is 158 Å². The lowest BCUT2D eigenvalue weighted by atomic mass is 10.2. The van der Waals surface area contributed by atoms with Crippen LogP contribution in [0.4, 0.5) is 5.69 Å². The average molecular weight is 413 g/mol. The molecule has 0 amide bonds. The molecule has 160 valence electrons. The molecule has 0 bridgehead atoms. The lowest BCUT2D eigenvalue weighted by Gasteiger charge is -2.19. The number of benzene rings is 1. The Morgan fingerprint density at radius 2 is 1.59 bits per heavy atom. The van der Waals surface area contributed by atoms with E-state index < -0.39 is 43.1 Å². The molecule has 1 aromatic rings. The van der Waals surface area contributed by atoms with Gasteiger partial charge in [-0.1, -0.05) is 32.8 Å². The van der Waals surface area contributed by atoms with Crippen LogP contribution in [0.25, 0.3) is 0 Å². The van der Waals surface area contributed by atoms with Crippen LogP contribution < -0.4 is 10.2 Å². The van der Waals surface area contributed by atoms with E-state index >= 15 is 0 Å². The third-order valence-electron chi connectivity index (χ3n) is 3.28. The van der Waals surface area contributed by atoms with E-state index in [2.05, 4.69) is 19.2 Å². The Labute approximate surface area is 166 Å². The fourth-order valence-electron chi connectivity index (χ4n) is 1.79. The second-order valence-corrected chi connectivity index (χ2v) is 5.77. The molecule has 29 heavy (non-hydrogen) atoms. The molecular formula is C18H23NO10. The van der Waals surface area contributed by atoms with Crippen molar-refractivity contribution in [1.82, 2.24) is 0 Å². The van der Waals surface area contributed by atoms with Gasteiger partial charge in [-0.15, -0.1) is 0 Å². The van der Waals surface area contributed by atoms with E-state index in [9.17, 15) is 19.2 Å². The van der Waals surface area contributed by atoms with E-state index in [0.29, 0.717) is 11.4 Å². The standard InChI is InChI=1S/C14H13NO10.C4H10/c16-10(17)4-12(20)23-14(24-13(21)5-11(18)19)15-8-2-1-7-6-22-25-9(7)3-8;1-3-4-2/h1-3,14-15H,4-6H2,(H,16,17)(H,18,19);3-4H2,1-2H3. The van der Waals surface area contributed by atoms with Crippen LogP contribution in [0.3, 0.4) is 0 Å². The number of nitrogens with one attached hydrogen (secondary N) is 1. The first-order chi connectivity index (χ1) is 13.7. The number of fused-ring (bicyclic) bond motifs is 1. The highest BCUT2D eigenvalue weighted by Gasteiger charge is 2.23. The maximum absolute atomic E-state index is 11.4. The molecule has 0 saturated carbocycles. The zero-order chi connectivity index (χ0) is 21.8. The second-order valence-electron chi connectivity index (χ2n) is 5.77. The minimum Gasteiger partial charge on any atom is -0.481 e. The number of aliphatic carboxylic acids is 2. The molecule has 1 aliphatic rings. The van der Waals surface area contributed by atoms with Gasteiger partial charge in [0.1, 0.15) is 19.4 Å². The molecule has 0 fully saturated rings. The van der Waals surface area contributed by atoms with Gasteiger partial charge >= 0.3 is 30.3 Å². The van der Waals surface area contributed by atoms with Crippen molar-refractivity contribution in [3.8, 4) is 5.75 Å². The van der Waals surface area contributed by atoms with Gasteiger partial charge in [0.15, 0.2) is 5.75 Å². The molecule has 0 unspecified atom stereocenters. The van der Waals surface area contributed by atoms with Crippen LogP contribution in [-0.2, 0) is 40.1 Å². The third-order valence-corrected chi connectivity index (χ3v) is 3.28. The van der Waals surface area contributed by atoms with Crippen molar-refractivity contribution < 1.29 is 48.6 Å². The Balaban J connectivity index is 0.000000960. The van der Waals surface area contributed by atoms with Crippen LogP contribution in [0.5, 0.6) is 5.75 Å². The molecule has 0 atom stereocenters. The Morgan fingerprint density at radius 3 is 2.07 bits per heavy atom. The van der Waals surface area contributed by atoms with Crippen molar-refractivity contribution in [3.63, 3.8) is 0 Å². The predicted molar refractivity (Wildman–Crippen MR) is 96.5 cm³/mol. The van der Waals surface area contributed by atoms with Crippen LogP contribution in [0.15, 0.2) is 18.2 Å². The molecular weight excluding hydrogens is 390 g/mol. The number of hydrogen-bond acceptors (Lipinski definition) is 9. The highest BCUT2D eigenvalue weighted by molar-refractivity contribution is 5.91. The highest BCUT2D eigenvalue weighted by Crippen LogP contribution is 2.29. The Kier molecular flexibility index (Phi) is 9.96. The number of carbonyl (C=O) groups is 4. The van der Waals surface area contributed by atoms with Crippen molar-refractivity contribution in [3.05, 3.63) is 23.8 Å². The lowest BCUT2D eigenvalue weighted by molar-refractivity contribution is -0.194. The molecule has 2 rings (SSSR count). The summed E-state index contributed by atoms with van der Waals surface area (Å²) < 4.78 is 9.40. The number of carboxylic acid groups (broad SMARTS) is 2. The second kappa shape index (κ2) is 12.2. The van der Waals surface area contributed by atoms with Gasteiger partial charge < -0.3 is 29.9 Å². The number of ether oxygens (including phenoxy) is 2. The Morgan fingerprint density at radius 1 is 1.03 bits per heavy atom. The van der Waals surface area contributed by atoms with Gasteiger partial charge in [0.25, 0.3) is 0 Å². The largest absolute Gasteiger partial charge is 0.481 e. The summed E-state index contributed by atoms with van der Waals surface area (Å²) in [6.07, 6.45) is -1.01. The average Bonchev–Trinajstić information content (AvgIpc) is 3.08. The zero-order valence-electron chi connectivity index (χ0n) is 16.0. The maximum atomic E-state index is 11.4. The van der Waals surface area contributed by atoms with E-state index in [1.807, 2.05) is 0 Å². The normalized spacial score (nSPS) is 11.4. The number of rotatable bonds is 9. The molecule has 1 aliphatic heterocycles. The first-order valence-electron chi connectivity index (χ1n) is 8.76. The molecule has 0 radical (unpaired) electrons. The Hall–Kier alpha value is -3.34. The van der Waals surface area contributed by atoms with Gasteiger partial charge in [-0.3, -0.25) is 19.2 Å². The molecule has 11 heteroatoms. The van der Waals surface area contributed by atoms with Crippen LogP contribution in [-0.4, -0.2) is 40.5 Å². The summed E-state index contributed by atoms with van der Waals surface area (Å²) >= 11 is 0. The van der Waals surface area contributed by atoms with Crippen molar-refractivity contribution in [1.29, 1.82) is 0 Å². The van der Waals surface area contributed by atoms with Crippen molar-refractivity contribution >= 4 is 29.6 Å². The number of hydrogen-bond donors (Lipinski definition) is 3. The number of carboxylic acids is 2. The lowest BCUT2D eigenvalue weighted by Crippen LogP contribution is -2.33. The van der Waals surface area contributed by atoms with Crippen molar-refractivity contribution in [2.24, 2.45) is 0 Å². The fourth-order valence-corrected chi connectivity index (χ4v) is 1.79. The first-order valence-corrected chi connectivity index (χ1v) is 8.76. The maximum Gasteiger partial charge on any atom is 0.329 e. The molecule has 0 saturated heterocycles.